The van der Waals surface area contributed by atoms with Crippen LogP contribution in [0.1, 0.15) is 28.4 Å². The fraction of sp³-hybridized carbons (Fsp3) is 0.286. The van der Waals surface area contributed by atoms with E-state index in [0.717, 1.165) is 11.1 Å². The number of ether oxygens (including phenoxy) is 2. The van der Waals surface area contributed by atoms with Gasteiger partial charge in [-0.05, 0) is 56.2 Å². The molecule has 0 fully saturated rings. The summed E-state index contributed by atoms with van der Waals surface area (Å²) in [6.07, 6.45) is 0. The first-order valence-electron chi connectivity index (χ1n) is 8.93. The van der Waals surface area contributed by atoms with Crippen LogP contribution in [0.25, 0.3) is 0 Å². The molecule has 2 aromatic carbocycles. The fourth-order valence-electron chi connectivity index (χ4n) is 2.37. The Kier molecular flexibility index (Phi) is 7.56. The van der Waals surface area contributed by atoms with Crippen molar-refractivity contribution in [3.05, 3.63) is 59.2 Å². The average Bonchev–Trinajstić information content (AvgIpc) is 2.68. The van der Waals surface area contributed by atoms with Gasteiger partial charge in [-0.3, -0.25) is 14.4 Å². The number of carbonyl (C=O) groups is 3. The van der Waals surface area contributed by atoms with E-state index in [1.165, 1.54) is 0 Å². The minimum absolute atomic E-state index is 0.325. The first-order chi connectivity index (χ1) is 13.4. The summed E-state index contributed by atoms with van der Waals surface area (Å²) in [6.45, 7) is 5.37. The highest BCUT2D eigenvalue weighted by Crippen LogP contribution is 2.23. The summed E-state index contributed by atoms with van der Waals surface area (Å²) in [7, 11) is 0. The van der Waals surface area contributed by atoms with Crippen LogP contribution in [-0.4, -0.2) is 37.5 Å². The van der Waals surface area contributed by atoms with Crippen LogP contribution in [0.2, 0.25) is 0 Å². The van der Waals surface area contributed by atoms with Crippen molar-refractivity contribution in [2.45, 2.75) is 20.8 Å². The molecule has 0 aromatic heterocycles. The van der Waals surface area contributed by atoms with Crippen molar-refractivity contribution < 1.29 is 23.9 Å². The molecule has 0 saturated heterocycles. The van der Waals surface area contributed by atoms with E-state index < -0.39 is 18.5 Å². The quantitative estimate of drug-likeness (QED) is 0.683. The number of para-hydroxylation sites is 2. The van der Waals surface area contributed by atoms with Crippen LogP contribution in [0.4, 0.5) is 5.69 Å². The molecule has 2 N–H and O–H groups in total. The number of rotatable bonds is 8. The molecule has 0 saturated carbocycles. The molecule has 0 aliphatic rings. The number of aryl methyl sites for hydroxylation is 2. The second-order valence-electron chi connectivity index (χ2n) is 6.12. The van der Waals surface area contributed by atoms with E-state index in [-0.39, 0.29) is 12.5 Å². The molecule has 2 rings (SSSR count). The predicted octanol–water partition coefficient (Wildman–Crippen LogP) is 2.61. The monoisotopic (exact) mass is 384 g/mol. The topological polar surface area (TPSA) is 93.7 Å². The SMILES string of the molecule is CCOc1ccccc1NC(=O)COC(=O)CNC(=O)c1ccc(C)c(C)c1. The summed E-state index contributed by atoms with van der Waals surface area (Å²) < 4.78 is 10.3. The molecular weight excluding hydrogens is 360 g/mol. The molecule has 0 aliphatic heterocycles. The van der Waals surface area contributed by atoms with Gasteiger partial charge in [-0.25, -0.2) is 0 Å². The van der Waals surface area contributed by atoms with E-state index in [2.05, 4.69) is 10.6 Å². The maximum Gasteiger partial charge on any atom is 0.325 e. The Morgan fingerprint density at radius 3 is 2.46 bits per heavy atom. The molecule has 148 valence electrons. The van der Waals surface area contributed by atoms with Gasteiger partial charge in [-0.2, -0.15) is 0 Å². The summed E-state index contributed by atoms with van der Waals surface area (Å²) in [6, 6.07) is 12.2. The van der Waals surface area contributed by atoms with Gasteiger partial charge >= 0.3 is 5.97 Å². The average molecular weight is 384 g/mol. The van der Waals surface area contributed by atoms with Crippen LogP contribution >= 0.6 is 0 Å². The molecule has 0 unspecified atom stereocenters. The van der Waals surface area contributed by atoms with Gasteiger partial charge in [0.15, 0.2) is 6.61 Å². The van der Waals surface area contributed by atoms with Crippen LogP contribution in [0.15, 0.2) is 42.5 Å². The van der Waals surface area contributed by atoms with Gasteiger partial charge in [-0.15, -0.1) is 0 Å². The zero-order chi connectivity index (χ0) is 20.5. The minimum atomic E-state index is -0.703. The molecule has 0 heterocycles. The summed E-state index contributed by atoms with van der Waals surface area (Å²) >= 11 is 0. The predicted molar refractivity (Wildman–Crippen MR) is 105 cm³/mol. The van der Waals surface area contributed by atoms with Crippen molar-refractivity contribution in [1.82, 2.24) is 5.32 Å². The van der Waals surface area contributed by atoms with E-state index in [4.69, 9.17) is 9.47 Å². The highest BCUT2D eigenvalue weighted by atomic mass is 16.5. The molecule has 0 aliphatic carbocycles. The van der Waals surface area contributed by atoms with Gasteiger partial charge in [0.1, 0.15) is 12.3 Å². The summed E-state index contributed by atoms with van der Waals surface area (Å²) in [5, 5.41) is 5.10. The van der Waals surface area contributed by atoms with Crippen LogP contribution in [0, 0.1) is 13.8 Å². The van der Waals surface area contributed by atoms with Crippen molar-refractivity contribution in [1.29, 1.82) is 0 Å². The number of benzene rings is 2. The number of carbonyl (C=O) groups excluding carboxylic acids is 3. The van der Waals surface area contributed by atoms with Gasteiger partial charge in [-0.1, -0.05) is 18.2 Å². The number of hydrogen-bond acceptors (Lipinski definition) is 5. The molecule has 2 amide bonds. The fourth-order valence-corrected chi connectivity index (χ4v) is 2.37. The lowest BCUT2D eigenvalue weighted by Crippen LogP contribution is -2.32. The molecule has 0 radical (unpaired) electrons. The van der Waals surface area contributed by atoms with Crippen molar-refractivity contribution >= 4 is 23.5 Å². The second-order valence-corrected chi connectivity index (χ2v) is 6.12. The lowest BCUT2D eigenvalue weighted by Gasteiger charge is -2.11. The van der Waals surface area contributed by atoms with Gasteiger partial charge in [0.05, 0.1) is 12.3 Å². The number of anilines is 1. The molecule has 28 heavy (non-hydrogen) atoms. The van der Waals surface area contributed by atoms with Crippen LogP contribution < -0.4 is 15.4 Å². The number of esters is 1. The number of hydrogen-bond donors (Lipinski definition) is 2. The summed E-state index contributed by atoms with van der Waals surface area (Å²) in [5.41, 5.74) is 3.02. The first kappa shape index (κ1) is 21.0. The maximum absolute atomic E-state index is 12.1. The Morgan fingerprint density at radius 2 is 1.75 bits per heavy atom. The largest absolute Gasteiger partial charge is 0.492 e. The Bertz CT molecular complexity index is 864. The summed E-state index contributed by atoms with van der Waals surface area (Å²) in [5.74, 6) is -1.05. The Morgan fingerprint density at radius 1 is 1.00 bits per heavy atom. The van der Waals surface area contributed by atoms with Gasteiger partial charge in [0, 0.05) is 5.56 Å². The van der Waals surface area contributed by atoms with Crippen molar-refractivity contribution in [2.24, 2.45) is 0 Å². The normalized spacial score (nSPS) is 10.1. The van der Waals surface area contributed by atoms with Gasteiger partial charge < -0.3 is 20.1 Å². The Labute approximate surface area is 164 Å². The van der Waals surface area contributed by atoms with Crippen LogP contribution in [-0.2, 0) is 14.3 Å². The molecule has 0 atom stereocenters. The highest BCUT2D eigenvalue weighted by Gasteiger charge is 2.12. The molecule has 7 heteroatoms. The zero-order valence-electron chi connectivity index (χ0n) is 16.2. The molecule has 7 nitrogen and oxygen atoms in total. The van der Waals surface area contributed by atoms with Crippen molar-refractivity contribution in [2.75, 3.05) is 25.1 Å². The van der Waals surface area contributed by atoms with Crippen molar-refractivity contribution in [3.63, 3.8) is 0 Å². The maximum atomic E-state index is 12.1. The number of amides is 2. The third kappa shape index (κ3) is 6.12. The second kappa shape index (κ2) is 10.1. The zero-order valence-corrected chi connectivity index (χ0v) is 16.2. The lowest BCUT2D eigenvalue weighted by molar-refractivity contribution is -0.146. The van der Waals surface area contributed by atoms with E-state index >= 15 is 0 Å². The van der Waals surface area contributed by atoms with E-state index in [1.54, 1.807) is 36.4 Å². The van der Waals surface area contributed by atoms with E-state index in [1.807, 2.05) is 26.8 Å². The molecule has 0 bridgehead atoms. The van der Waals surface area contributed by atoms with Crippen molar-refractivity contribution in [3.8, 4) is 5.75 Å². The molecular formula is C21H24N2O5. The smallest absolute Gasteiger partial charge is 0.325 e. The van der Waals surface area contributed by atoms with E-state index in [0.29, 0.717) is 23.6 Å². The Balaban J connectivity index is 1.78. The van der Waals surface area contributed by atoms with Crippen LogP contribution in [0.3, 0.4) is 0 Å². The van der Waals surface area contributed by atoms with E-state index in [9.17, 15) is 14.4 Å². The van der Waals surface area contributed by atoms with Crippen LogP contribution in [0.5, 0.6) is 5.75 Å². The lowest BCUT2D eigenvalue weighted by atomic mass is 10.1. The van der Waals surface area contributed by atoms with Gasteiger partial charge in [0.25, 0.3) is 11.8 Å². The number of nitrogens with one attached hydrogen (secondary N) is 2. The minimum Gasteiger partial charge on any atom is -0.492 e. The third-order valence-corrected chi connectivity index (χ3v) is 3.99. The molecule has 0 spiro atoms. The summed E-state index contributed by atoms with van der Waals surface area (Å²) in [4.78, 5) is 35.8. The third-order valence-electron chi connectivity index (χ3n) is 3.99. The van der Waals surface area contributed by atoms with Gasteiger partial charge in [0.2, 0.25) is 0 Å². The highest BCUT2D eigenvalue weighted by molar-refractivity contribution is 5.97. The first-order valence-corrected chi connectivity index (χ1v) is 8.93. The Hall–Kier alpha value is -3.35. The standard InChI is InChI=1S/C21H24N2O5/c1-4-27-18-8-6-5-7-17(18)23-19(24)13-28-20(25)12-22-21(26)16-10-9-14(2)15(3)11-16/h5-11H,4,12-13H2,1-3H3,(H,22,26)(H,23,24). The molecule has 2 aromatic rings.